The molecule has 0 radical (unpaired) electrons. The molecule has 0 aliphatic rings. The van der Waals surface area contributed by atoms with Crippen molar-refractivity contribution in [2.45, 2.75) is 33.0 Å². The quantitative estimate of drug-likeness (QED) is 0.821. The summed E-state index contributed by atoms with van der Waals surface area (Å²) in [6.45, 7) is 4.90. The number of carbonyl (C=O) groups excluding carboxylic acids is 1. The van der Waals surface area contributed by atoms with Crippen molar-refractivity contribution in [2.75, 3.05) is 7.05 Å². The molecular weight excluding hydrogens is 262 g/mol. The van der Waals surface area contributed by atoms with Gasteiger partial charge in [0.1, 0.15) is 0 Å². The molecule has 112 valence electrons. The summed E-state index contributed by atoms with van der Waals surface area (Å²) in [5, 5.41) is 6.04. The number of amides is 1. The number of carbonyl (C=O) groups is 1. The van der Waals surface area contributed by atoms with Gasteiger partial charge >= 0.3 is 0 Å². The van der Waals surface area contributed by atoms with Crippen molar-refractivity contribution in [1.82, 2.24) is 15.2 Å². The highest BCUT2D eigenvalue weighted by atomic mass is 16.1. The summed E-state index contributed by atoms with van der Waals surface area (Å²) in [5.41, 5.74) is 3.17. The van der Waals surface area contributed by atoms with Gasteiger partial charge in [0.15, 0.2) is 0 Å². The highest BCUT2D eigenvalue weighted by molar-refractivity contribution is 5.93. The fourth-order valence-electron chi connectivity index (χ4n) is 2.26. The minimum atomic E-state index is -0.0493. The second-order valence-electron chi connectivity index (χ2n) is 5.14. The lowest BCUT2D eigenvalue weighted by Crippen LogP contribution is -2.18. The molecule has 2 N–H and O–H groups in total. The van der Waals surface area contributed by atoms with E-state index in [1.165, 1.54) is 11.1 Å². The third kappa shape index (κ3) is 4.46. The lowest BCUT2D eigenvalue weighted by Gasteiger charge is -2.05. The van der Waals surface area contributed by atoms with Crippen LogP contribution in [0.1, 0.15) is 34.8 Å². The Kier molecular flexibility index (Phi) is 5.58. The average Bonchev–Trinajstić information content (AvgIpc) is 2.95. The van der Waals surface area contributed by atoms with Crippen molar-refractivity contribution >= 4 is 5.91 Å². The smallest absolute Gasteiger partial charge is 0.251 e. The van der Waals surface area contributed by atoms with Gasteiger partial charge < -0.3 is 15.2 Å². The topological polar surface area (TPSA) is 46.1 Å². The van der Waals surface area contributed by atoms with Crippen LogP contribution in [-0.2, 0) is 19.6 Å². The molecule has 2 rings (SSSR count). The molecule has 2 aromatic rings. The Morgan fingerprint density at radius 2 is 1.81 bits per heavy atom. The second kappa shape index (κ2) is 7.64. The zero-order chi connectivity index (χ0) is 15.1. The summed E-state index contributed by atoms with van der Waals surface area (Å²) in [6.07, 6.45) is 5.46. The molecule has 1 aromatic carbocycles. The number of hydrogen-bond acceptors (Lipinski definition) is 2. The third-order valence-electron chi connectivity index (χ3n) is 3.39. The van der Waals surface area contributed by atoms with E-state index in [2.05, 4.69) is 40.6 Å². The van der Waals surface area contributed by atoms with Gasteiger partial charge in [-0.2, -0.15) is 0 Å². The molecule has 0 unspecified atom stereocenters. The second-order valence-corrected chi connectivity index (χ2v) is 5.14. The van der Waals surface area contributed by atoms with Gasteiger partial charge in [-0.05, 0) is 35.7 Å². The monoisotopic (exact) mass is 285 g/mol. The number of aryl methyl sites for hydroxylation is 1. The number of benzene rings is 1. The highest BCUT2D eigenvalue weighted by Crippen LogP contribution is 2.06. The molecule has 1 amide bonds. The van der Waals surface area contributed by atoms with Gasteiger partial charge in [0.05, 0.1) is 0 Å². The maximum Gasteiger partial charge on any atom is 0.251 e. The van der Waals surface area contributed by atoms with E-state index in [1.807, 2.05) is 24.3 Å². The SMILES string of the molecule is CCCn1ccc(CNCc2ccc(C(=O)NC)cc2)c1. The Morgan fingerprint density at radius 3 is 2.48 bits per heavy atom. The predicted molar refractivity (Wildman–Crippen MR) is 85.1 cm³/mol. The standard InChI is InChI=1S/C17H23N3O/c1-3-9-20-10-8-15(13-20)12-19-11-14-4-6-16(7-5-14)17(21)18-2/h4-8,10,13,19H,3,9,11-12H2,1-2H3,(H,18,21). The van der Waals surface area contributed by atoms with E-state index in [0.717, 1.165) is 26.1 Å². The highest BCUT2D eigenvalue weighted by Gasteiger charge is 2.02. The van der Waals surface area contributed by atoms with Crippen LogP contribution in [0, 0.1) is 0 Å². The molecule has 0 bridgehead atoms. The minimum Gasteiger partial charge on any atom is -0.355 e. The van der Waals surface area contributed by atoms with Crippen LogP contribution in [-0.4, -0.2) is 17.5 Å². The number of aromatic nitrogens is 1. The summed E-state index contributed by atoms with van der Waals surface area (Å²) >= 11 is 0. The van der Waals surface area contributed by atoms with Crippen molar-refractivity contribution in [2.24, 2.45) is 0 Å². The van der Waals surface area contributed by atoms with Crippen molar-refractivity contribution in [1.29, 1.82) is 0 Å². The first-order chi connectivity index (χ1) is 10.2. The molecule has 0 fully saturated rings. The number of rotatable bonds is 7. The van der Waals surface area contributed by atoms with Crippen molar-refractivity contribution in [3.8, 4) is 0 Å². The first-order valence-corrected chi connectivity index (χ1v) is 7.39. The molecule has 0 aliphatic carbocycles. The van der Waals surface area contributed by atoms with E-state index in [9.17, 15) is 4.79 Å². The van der Waals surface area contributed by atoms with E-state index in [4.69, 9.17) is 0 Å². The molecule has 4 nitrogen and oxygen atoms in total. The molecule has 21 heavy (non-hydrogen) atoms. The summed E-state index contributed by atoms with van der Waals surface area (Å²) in [5.74, 6) is -0.0493. The number of nitrogens with one attached hydrogen (secondary N) is 2. The molecule has 0 saturated heterocycles. The minimum absolute atomic E-state index is 0.0493. The van der Waals surface area contributed by atoms with E-state index in [0.29, 0.717) is 5.56 Å². The van der Waals surface area contributed by atoms with E-state index < -0.39 is 0 Å². The van der Waals surface area contributed by atoms with Gasteiger partial charge in [-0.1, -0.05) is 19.1 Å². The van der Waals surface area contributed by atoms with Gasteiger partial charge in [-0.3, -0.25) is 4.79 Å². The van der Waals surface area contributed by atoms with Crippen LogP contribution in [0.15, 0.2) is 42.7 Å². The van der Waals surface area contributed by atoms with Crippen LogP contribution in [0.25, 0.3) is 0 Å². The summed E-state index contributed by atoms with van der Waals surface area (Å²) in [6, 6.07) is 9.83. The van der Waals surface area contributed by atoms with Crippen LogP contribution in [0.4, 0.5) is 0 Å². The Balaban J connectivity index is 1.81. The van der Waals surface area contributed by atoms with Gasteiger partial charge in [-0.25, -0.2) is 0 Å². The summed E-state index contributed by atoms with van der Waals surface area (Å²) in [4.78, 5) is 11.5. The lowest BCUT2D eigenvalue weighted by molar-refractivity contribution is 0.0963. The van der Waals surface area contributed by atoms with Crippen LogP contribution in [0.5, 0.6) is 0 Å². The number of hydrogen-bond donors (Lipinski definition) is 2. The first kappa shape index (κ1) is 15.3. The fraction of sp³-hybridized carbons (Fsp3) is 0.353. The molecule has 0 spiro atoms. The van der Waals surface area contributed by atoms with Crippen molar-refractivity contribution in [3.63, 3.8) is 0 Å². The zero-order valence-electron chi connectivity index (χ0n) is 12.7. The summed E-state index contributed by atoms with van der Waals surface area (Å²) in [7, 11) is 1.64. The van der Waals surface area contributed by atoms with E-state index in [1.54, 1.807) is 7.05 Å². The third-order valence-corrected chi connectivity index (χ3v) is 3.39. The van der Waals surface area contributed by atoms with Gasteiger partial charge in [0, 0.05) is 44.6 Å². The van der Waals surface area contributed by atoms with Crippen LogP contribution >= 0.6 is 0 Å². The van der Waals surface area contributed by atoms with Gasteiger partial charge in [-0.15, -0.1) is 0 Å². The fourth-order valence-corrected chi connectivity index (χ4v) is 2.26. The predicted octanol–water partition coefficient (Wildman–Crippen LogP) is 2.55. The molecular formula is C17H23N3O. The largest absolute Gasteiger partial charge is 0.355 e. The molecule has 0 atom stereocenters. The molecule has 0 saturated carbocycles. The van der Waals surface area contributed by atoms with Crippen molar-refractivity contribution < 1.29 is 4.79 Å². The van der Waals surface area contributed by atoms with E-state index >= 15 is 0 Å². The maximum atomic E-state index is 11.5. The Morgan fingerprint density at radius 1 is 1.10 bits per heavy atom. The van der Waals surface area contributed by atoms with Crippen LogP contribution in [0.3, 0.4) is 0 Å². The van der Waals surface area contributed by atoms with Crippen LogP contribution in [0.2, 0.25) is 0 Å². The Bertz CT molecular complexity index is 572. The molecule has 1 aromatic heterocycles. The van der Waals surface area contributed by atoms with Crippen LogP contribution < -0.4 is 10.6 Å². The number of nitrogens with zero attached hydrogens (tertiary/aromatic N) is 1. The van der Waals surface area contributed by atoms with E-state index in [-0.39, 0.29) is 5.91 Å². The maximum absolute atomic E-state index is 11.5. The molecule has 1 heterocycles. The molecule has 0 aliphatic heterocycles. The zero-order valence-corrected chi connectivity index (χ0v) is 12.7. The normalized spacial score (nSPS) is 10.6. The Hall–Kier alpha value is -2.07. The summed E-state index contributed by atoms with van der Waals surface area (Å²) < 4.78 is 2.22. The average molecular weight is 285 g/mol. The lowest BCUT2D eigenvalue weighted by atomic mass is 10.1. The van der Waals surface area contributed by atoms with Crippen molar-refractivity contribution in [3.05, 3.63) is 59.4 Å². The van der Waals surface area contributed by atoms with Gasteiger partial charge in [0.2, 0.25) is 0 Å². The first-order valence-electron chi connectivity index (χ1n) is 7.39. The Labute approximate surface area is 126 Å². The van der Waals surface area contributed by atoms with Gasteiger partial charge in [0.25, 0.3) is 5.91 Å². The molecule has 4 heteroatoms.